The number of rotatable bonds is 6. The first kappa shape index (κ1) is 37.4. The molecule has 1 aliphatic heterocycles. The van der Waals surface area contributed by atoms with E-state index in [2.05, 4.69) is 5.32 Å². The average Bonchev–Trinajstić information content (AvgIpc) is 3.48. The maximum atomic E-state index is 13.4. The molecule has 15 heteroatoms. The van der Waals surface area contributed by atoms with Gasteiger partial charge in [-0.3, -0.25) is 9.59 Å². The molecule has 2 saturated carbocycles. The number of fused-ring (bicyclic) bond motifs is 5. The van der Waals surface area contributed by atoms with Crippen LogP contribution in [-0.4, -0.2) is 109 Å². The number of esters is 2. The first-order valence-electron chi connectivity index (χ1n) is 15.0. The average molecular weight is 865 g/mol. The smallest absolute Gasteiger partial charge is 0.338 e. The molecule has 3 fully saturated rings. The predicted molar refractivity (Wildman–Crippen MR) is 152 cm³/mol. The predicted octanol–water partition coefficient (Wildman–Crippen LogP) is -0.609. The topological polar surface area (TPSA) is 225 Å². The second-order valence-electron chi connectivity index (χ2n) is 13.7. The maximum Gasteiger partial charge on any atom is 0.338 e. The molecule has 12 atom stereocenters. The fourth-order valence-corrected chi connectivity index (χ4v) is 8.36. The molecule has 2 heterocycles. The summed E-state index contributed by atoms with van der Waals surface area (Å²) >= 11 is 0. The van der Waals surface area contributed by atoms with Crippen molar-refractivity contribution in [1.29, 1.82) is 0 Å². The summed E-state index contributed by atoms with van der Waals surface area (Å²) < 4.78 is 22.4. The Labute approximate surface area is 302 Å². The van der Waals surface area contributed by atoms with E-state index in [0.717, 1.165) is 6.92 Å². The van der Waals surface area contributed by atoms with Gasteiger partial charge < -0.3 is 54.6 Å². The van der Waals surface area contributed by atoms with Gasteiger partial charge in [-0.25, -0.2) is 4.79 Å². The Hall–Kier alpha value is -1.41. The number of carbonyl (C=O) groups is 3. The van der Waals surface area contributed by atoms with E-state index in [1.807, 2.05) is 0 Å². The van der Waals surface area contributed by atoms with E-state index in [4.69, 9.17) is 18.6 Å². The molecule has 1 aromatic rings. The molecule has 1 radical (unpaired) electrons. The minimum Gasteiger partial charge on any atom is -0.467 e. The van der Waals surface area contributed by atoms with Gasteiger partial charge in [-0.05, 0) is 30.2 Å². The van der Waals surface area contributed by atoms with Gasteiger partial charge in [-0.15, -0.1) is 0 Å². The Morgan fingerprint density at radius 2 is 1.74 bits per heavy atom. The van der Waals surface area contributed by atoms with Crippen molar-refractivity contribution in [2.75, 3.05) is 6.61 Å². The summed E-state index contributed by atoms with van der Waals surface area (Å²) in [6.45, 7) is 8.23. The third kappa shape index (κ3) is 5.51. The Balaban J connectivity index is 0.00000480. The number of hydrogen-bond acceptors (Lipinski definition) is 13. The molecule has 4 aliphatic rings. The largest absolute Gasteiger partial charge is 0.467 e. The number of amides is 1. The summed E-state index contributed by atoms with van der Waals surface area (Å²) in [6.07, 6.45) is -9.86. The van der Waals surface area contributed by atoms with Gasteiger partial charge in [0, 0.05) is 87.5 Å². The summed E-state index contributed by atoms with van der Waals surface area (Å²) in [7, 11) is 0. The number of hydrogen-bond donors (Lipinski definition) is 7. The van der Waals surface area contributed by atoms with Crippen LogP contribution in [0, 0.1) is 60.8 Å². The van der Waals surface area contributed by atoms with E-state index in [1.54, 1.807) is 13.8 Å². The molecule has 2 bridgehead atoms. The maximum absolute atomic E-state index is 13.4. The number of ether oxygens (including phenoxy) is 3. The zero-order valence-corrected chi connectivity index (χ0v) is 31.4. The van der Waals surface area contributed by atoms with Crippen molar-refractivity contribution in [3.8, 4) is 0 Å². The zero-order chi connectivity index (χ0) is 33.4. The van der Waals surface area contributed by atoms with Gasteiger partial charge in [0.15, 0.2) is 6.10 Å². The molecular weight excluding hydrogens is 821 g/mol. The van der Waals surface area contributed by atoms with Crippen LogP contribution in [0.4, 0.5) is 0 Å². The molecular formula is C31H43AcNO13. The SMILES string of the molecule is CC(=O)N[C@@H](c1ccco1)[C@@H](O)C(=O)OC1C[C@@]2(O)[C@@H](OC(C)=O)[C@@H]3[C@]4(O)CO[C@@H]4C[C@H](O)[C@@]3(C)[C@H](O)[C@H](O)C(=C1C)C2(C)C.[Ac]. The van der Waals surface area contributed by atoms with E-state index >= 15 is 0 Å². The van der Waals surface area contributed by atoms with E-state index in [9.17, 15) is 45.0 Å². The van der Waals surface area contributed by atoms with Gasteiger partial charge in [0.25, 0.3) is 0 Å². The van der Waals surface area contributed by atoms with Gasteiger partial charge in [0.1, 0.15) is 41.3 Å². The summed E-state index contributed by atoms with van der Waals surface area (Å²) in [5.41, 5.74) is -6.80. The van der Waals surface area contributed by atoms with Gasteiger partial charge in [0.05, 0.1) is 31.2 Å². The molecule has 0 spiro atoms. The second-order valence-corrected chi connectivity index (χ2v) is 13.7. The van der Waals surface area contributed by atoms with Crippen LogP contribution in [0.5, 0.6) is 0 Å². The van der Waals surface area contributed by atoms with Crippen molar-refractivity contribution < 1.29 is 108 Å². The summed E-state index contributed by atoms with van der Waals surface area (Å²) in [6, 6.07) is 1.64. The van der Waals surface area contributed by atoms with E-state index in [1.165, 1.54) is 39.2 Å². The van der Waals surface area contributed by atoms with Crippen LogP contribution in [0.1, 0.15) is 66.2 Å². The molecule has 1 aromatic heterocycles. The molecule has 46 heavy (non-hydrogen) atoms. The second kappa shape index (κ2) is 12.8. The van der Waals surface area contributed by atoms with Crippen molar-refractivity contribution in [2.45, 2.75) is 114 Å². The van der Waals surface area contributed by atoms with Gasteiger partial charge >= 0.3 is 11.9 Å². The number of carbonyl (C=O) groups excluding carboxylic acids is 3. The van der Waals surface area contributed by atoms with Crippen LogP contribution in [0.3, 0.4) is 0 Å². The van der Waals surface area contributed by atoms with Crippen LogP contribution in [0.2, 0.25) is 0 Å². The van der Waals surface area contributed by atoms with Crippen LogP contribution in [0.15, 0.2) is 34.0 Å². The molecule has 3 aliphatic carbocycles. The number of aliphatic hydroxyl groups excluding tert-OH is 4. The van der Waals surface area contributed by atoms with Crippen molar-refractivity contribution in [1.82, 2.24) is 5.32 Å². The monoisotopic (exact) mass is 864 g/mol. The van der Waals surface area contributed by atoms with Crippen molar-refractivity contribution in [3.05, 3.63) is 35.3 Å². The number of furan rings is 1. The van der Waals surface area contributed by atoms with E-state index in [-0.39, 0.29) is 74.0 Å². The molecule has 7 N–H and O–H groups in total. The number of nitrogens with one attached hydrogen (secondary N) is 1. The van der Waals surface area contributed by atoms with Crippen LogP contribution < -0.4 is 5.32 Å². The summed E-state index contributed by atoms with van der Waals surface area (Å²) in [5, 5.41) is 73.3. The molecule has 1 unspecified atom stereocenters. The van der Waals surface area contributed by atoms with Crippen LogP contribution in [-0.2, 0) is 28.6 Å². The Kier molecular flexibility index (Phi) is 10.4. The molecule has 1 amide bonds. The summed E-state index contributed by atoms with van der Waals surface area (Å²) in [4.78, 5) is 38.0. The normalized spacial score (nSPS) is 40.7. The molecule has 253 valence electrons. The van der Waals surface area contributed by atoms with E-state index < -0.39 is 101 Å². The zero-order valence-electron chi connectivity index (χ0n) is 26.7. The van der Waals surface area contributed by atoms with Crippen molar-refractivity contribution in [2.24, 2.45) is 16.7 Å². The van der Waals surface area contributed by atoms with Crippen LogP contribution >= 0.6 is 0 Å². The van der Waals surface area contributed by atoms with E-state index in [0.29, 0.717) is 0 Å². The third-order valence-corrected chi connectivity index (χ3v) is 10.9. The van der Waals surface area contributed by atoms with Crippen molar-refractivity contribution >= 4 is 17.8 Å². The van der Waals surface area contributed by atoms with Crippen molar-refractivity contribution in [3.63, 3.8) is 0 Å². The van der Waals surface area contributed by atoms with Gasteiger partial charge in [-0.2, -0.15) is 0 Å². The molecule has 1 saturated heterocycles. The fraction of sp³-hybridized carbons (Fsp3) is 0.710. The minimum absolute atomic E-state index is 0. The number of aliphatic hydroxyl groups is 6. The molecule has 0 aromatic carbocycles. The first-order chi connectivity index (χ1) is 20.8. The van der Waals surface area contributed by atoms with Gasteiger partial charge in [-0.1, -0.05) is 20.8 Å². The van der Waals surface area contributed by atoms with Gasteiger partial charge in [0.2, 0.25) is 5.91 Å². The Bertz CT molecular complexity index is 1380. The standard InChI is InChI=1S/C31H43NO13.Ac/c1-13-17(45-27(39)23(37)21(32-14(2)33)16-8-7-9-42-16)11-31(41)26(44-15(3)34)24-29(6,18(35)10-19-30(24,40)12-43-19)25(38)22(36)20(13)28(31,4)5;/h7-9,17-19,21-26,35-38,40-41H,10-12H2,1-6H3,(H,32,33);/t17?,18-,19+,21-,22+,23+,24-,25+,26-,29+,30-,31+;/m0./s1. The summed E-state index contributed by atoms with van der Waals surface area (Å²) in [5.74, 6) is -3.86. The Morgan fingerprint density at radius 1 is 1.09 bits per heavy atom. The fourth-order valence-electron chi connectivity index (χ4n) is 8.36. The molecule has 14 nitrogen and oxygen atoms in total. The van der Waals surface area contributed by atoms with Crippen LogP contribution in [0.25, 0.3) is 0 Å². The quantitative estimate of drug-likeness (QED) is 0.140. The third-order valence-electron chi connectivity index (χ3n) is 10.9. The minimum atomic E-state index is -2.18. The molecule has 5 rings (SSSR count). The first-order valence-corrected chi connectivity index (χ1v) is 15.0. The Morgan fingerprint density at radius 3 is 2.26 bits per heavy atom.